The van der Waals surface area contributed by atoms with E-state index >= 15 is 4.39 Å². The van der Waals surface area contributed by atoms with Gasteiger partial charge >= 0.3 is 0 Å². The Morgan fingerprint density at radius 1 is 1.12 bits per heavy atom. The van der Waals surface area contributed by atoms with E-state index in [9.17, 15) is 9.59 Å². The van der Waals surface area contributed by atoms with E-state index in [1.165, 1.54) is 12.4 Å². The summed E-state index contributed by atoms with van der Waals surface area (Å²) in [7, 11) is 0. The van der Waals surface area contributed by atoms with Crippen LogP contribution in [-0.2, 0) is 4.79 Å². The Labute approximate surface area is 193 Å². The molecule has 3 aromatic rings. The number of rotatable bonds is 4. The summed E-state index contributed by atoms with van der Waals surface area (Å²) in [6.07, 6.45) is 4.54. The first-order valence-electron chi connectivity index (χ1n) is 10.6. The number of aromatic nitrogens is 3. The summed E-state index contributed by atoms with van der Waals surface area (Å²) < 4.78 is 15.1. The number of carbonyl (C=O) groups excluding carboxylic acids is 2. The Balaban J connectivity index is 1.48. The number of benzene rings is 1. The predicted octanol–water partition coefficient (Wildman–Crippen LogP) is 3.30. The quantitative estimate of drug-likeness (QED) is 0.588. The molecule has 2 aliphatic heterocycles. The van der Waals surface area contributed by atoms with E-state index in [2.05, 4.69) is 37.0 Å². The molecule has 0 aliphatic carbocycles. The number of pyridine rings is 1. The van der Waals surface area contributed by atoms with Crippen LogP contribution in [-0.4, -0.2) is 63.7 Å². The van der Waals surface area contributed by atoms with Crippen LogP contribution in [0.1, 0.15) is 12.6 Å². The van der Waals surface area contributed by atoms with Gasteiger partial charge in [-0.2, -0.15) is 0 Å². The van der Waals surface area contributed by atoms with Crippen molar-refractivity contribution in [2.75, 3.05) is 37.6 Å². The minimum Gasteiger partial charge on any atom is -0.367 e. The minimum atomic E-state index is -0.450. The molecule has 1 aromatic carbocycles. The first-order chi connectivity index (χ1) is 16.0. The molecule has 33 heavy (non-hydrogen) atoms. The van der Waals surface area contributed by atoms with Crippen molar-refractivity contribution < 1.29 is 14.0 Å². The average molecular weight is 465 g/mol. The molecule has 8 nitrogen and oxygen atoms in total. The lowest BCUT2D eigenvalue weighted by atomic mass is 10.1. The smallest absolute Gasteiger partial charge is 0.290 e. The van der Waals surface area contributed by atoms with Crippen LogP contribution in [0.25, 0.3) is 28.2 Å². The van der Waals surface area contributed by atoms with E-state index in [-0.39, 0.29) is 10.7 Å². The van der Waals surface area contributed by atoms with Gasteiger partial charge in [-0.25, -0.2) is 14.4 Å². The normalized spacial score (nSPS) is 18.4. The van der Waals surface area contributed by atoms with Crippen LogP contribution in [0.5, 0.6) is 0 Å². The topological polar surface area (TPSA) is 91.3 Å². The maximum absolute atomic E-state index is 15.1. The molecule has 0 spiro atoms. The van der Waals surface area contributed by atoms with Crippen molar-refractivity contribution in [2.24, 2.45) is 0 Å². The SMILES string of the molecule is CCN1CCN(c2ccc(-c3ncnc4cnc(C=C5SC(=O)NC5=O)cc34)cc2F)CC1. The Hall–Kier alpha value is -3.37. The highest BCUT2D eigenvalue weighted by Gasteiger charge is 2.25. The Kier molecular flexibility index (Phi) is 5.77. The molecule has 10 heteroatoms. The first-order valence-corrected chi connectivity index (χ1v) is 11.5. The molecule has 5 rings (SSSR count). The van der Waals surface area contributed by atoms with Gasteiger partial charge in [0.1, 0.15) is 12.1 Å². The fourth-order valence-electron chi connectivity index (χ4n) is 4.06. The van der Waals surface area contributed by atoms with Gasteiger partial charge < -0.3 is 9.80 Å². The van der Waals surface area contributed by atoms with Crippen LogP contribution in [0.2, 0.25) is 0 Å². The molecule has 0 radical (unpaired) electrons. The molecule has 2 saturated heterocycles. The fraction of sp³-hybridized carbons (Fsp3) is 0.261. The predicted molar refractivity (Wildman–Crippen MR) is 126 cm³/mol. The molecule has 2 aliphatic rings. The maximum atomic E-state index is 15.1. The van der Waals surface area contributed by atoms with E-state index in [1.54, 1.807) is 24.4 Å². The van der Waals surface area contributed by atoms with Gasteiger partial charge in [-0.15, -0.1) is 0 Å². The van der Waals surface area contributed by atoms with Crippen LogP contribution < -0.4 is 10.2 Å². The lowest BCUT2D eigenvalue weighted by Crippen LogP contribution is -2.46. The third kappa shape index (κ3) is 4.31. The molecule has 0 unspecified atom stereocenters. The molecule has 2 amide bonds. The third-order valence-electron chi connectivity index (χ3n) is 5.85. The second-order valence-electron chi connectivity index (χ2n) is 7.79. The molecule has 0 bridgehead atoms. The van der Waals surface area contributed by atoms with Crippen LogP contribution >= 0.6 is 11.8 Å². The number of fused-ring (bicyclic) bond motifs is 1. The number of likely N-dealkylation sites (N-methyl/N-ethyl adjacent to an activating group) is 1. The summed E-state index contributed by atoms with van der Waals surface area (Å²) in [6.45, 7) is 6.55. The number of halogens is 1. The van der Waals surface area contributed by atoms with Gasteiger partial charge in [-0.3, -0.25) is 19.9 Å². The van der Waals surface area contributed by atoms with E-state index in [0.717, 1.165) is 44.5 Å². The molecule has 2 fully saturated rings. The number of nitrogens with one attached hydrogen (secondary N) is 1. The summed E-state index contributed by atoms with van der Waals surface area (Å²) >= 11 is 0.826. The molecule has 1 N–H and O–H groups in total. The van der Waals surface area contributed by atoms with E-state index in [1.807, 2.05) is 6.07 Å². The van der Waals surface area contributed by atoms with Gasteiger partial charge in [0.25, 0.3) is 11.1 Å². The van der Waals surface area contributed by atoms with Gasteiger partial charge in [0.15, 0.2) is 0 Å². The molecular formula is C23H21FN6O2S. The average Bonchev–Trinajstić information content (AvgIpc) is 3.15. The second-order valence-corrected chi connectivity index (χ2v) is 8.80. The second kappa shape index (κ2) is 8.87. The lowest BCUT2D eigenvalue weighted by molar-refractivity contribution is -0.115. The number of piperazine rings is 1. The van der Waals surface area contributed by atoms with E-state index in [4.69, 9.17) is 0 Å². The van der Waals surface area contributed by atoms with Crippen molar-refractivity contribution in [3.8, 4) is 11.3 Å². The monoisotopic (exact) mass is 464 g/mol. The van der Waals surface area contributed by atoms with E-state index in [0.29, 0.717) is 33.5 Å². The number of hydrogen-bond donors (Lipinski definition) is 1. The standard InChI is InChI=1S/C23H21FN6O2S/c1-2-29-5-7-30(8-6-29)19-4-3-14(9-17(19)24)21-16-10-15(25-12-18(16)26-13-27-21)11-20-22(31)28-23(32)33-20/h3-4,9-13H,2,5-8H2,1H3,(H,28,31,32). The van der Waals surface area contributed by atoms with Crippen molar-refractivity contribution in [1.29, 1.82) is 0 Å². The van der Waals surface area contributed by atoms with Gasteiger partial charge in [0.05, 0.1) is 33.7 Å². The lowest BCUT2D eigenvalue weighted by Gasteiger charge is -2.35. The molecule has 4 heterocycles. The van der Waals surface area contributed by atoms with Crippen LogP contribution in [0.4, 0.5) is 14.9 Å². The highest BCUT2D eigenvalue weighted by Crippen LogP contribution is 2.31. The third-order valence-corrected chi connectivity index (χ3v) is 6.66. The Bertz CT molecular complexity index is 1290. The van der Waals surface area contributed by atoms with Crippen molar-refractivity contribution in [3.05, 3.63) is 53.2 Å². The van der Waals surface area contributed by atoms with Gasteiger partial charge in [0, 0.05) is 37.1 Å². The zero-order valence-corrected chi connectivity index (χ0v) is 18.7. The summed E-state index contributed by atoms with van der Waals surface area (Å²) in [4.78, 5) is 40.9. The van der Waals surface area contributed by atoms with Crippen LogP contribution in [0.15, 0.2) is 41.7 Å². The highest BCUT2D eigenvalue weighted by molar-refractivity contribution is 8.18. The number of amides is 2. The largest absolute Gasteiger partial charge is 0.367 e. The van der Waals surface area contributed by atoms with Crippen LogP contribution in [0, 0.1) is 5.82 Å². The summed E-state index contributed by atoms with van der Waals surface area (Å²) in [5.41, 5.74) is 2.87. The number of imide groups is 1. The summed E-state index contributed by atoms with van der Waals surface area (Å²) in [5.74, 6) is -0.744. The number of hydrogen-bond acceptors (Lipinski definition) is 8. The summed E-state index contributed by atoms with van der Waals surface area (Å²) in [6, 6.07) is 6.91. The fourth-order valence-corrected chi connectivity index (χ4v) is 4.72. The number of nitrogens with zero attached hydrogens (tertiary/aromatic N) is 5. The molecule has 0 saturated carbocycles. The van der Waals surface area contributed by atoms with E-state index < -0.39 is 11.1 Å². The Morgan fingerprint density at radius 2 is 1.94 bits per heavy atom. The minimum absolute atomic E-state index is 0.267. The summed E-state index contributed by atoms with van der Waals surface area (Å²) in [5, 5.41) is 2.49. The van der Waals surface area contributed by atoms with Crippen molar-refractivity contribution in [3.63, 3.8) is 0 Å². The number of carbonyl (C=O) groups is 2. The van der Waals surface area contributed by atoms with Gasteiger partial charge in [-0.05, 0) is 42.6 Å². The molecule has 168 valence electrons. The van der Waals surface area contributed by atoms with Gasteiger partial charge in [-0.1, -0.05) is 13.0 Å². The maximum Gasteiger partial charge on any atom is 0.290 e. The number of anilines is 1. The highest BCUT2D eigenvalue weighted by atomic mass is 32.2. The first kappa shape index (κ1) is 21.5. The zero-order chi connectivity index (χ0) is 22.9. The zero-order valence-electron chi connectivity index (χ0n) is 17.9. The van der Waals surface area contributed by atoms with Crippen molar-refractivity contribution in [2.45, 2.75) is 6.92 Å². The molecule has 2 aromatic heterocycles. The number of thioether (sulfide) groups is 1. The molecular weight excluding hydrogens is 443 g/mol. The van der Waals surface area contributed by atoms with Crippen LogP contribution in [0.3, 0.4) is 0 Å². The molecule has 0 atom stereocenters. The van der Waals surface area contributed by atoms with Gasteiger partial charge in [0.2, 0.25) is 0 Å². The van der Waals surface area contributed by atoms with Crippen molar-refractivity contribution >= 4 is 45.6 Å². The van der Waals surface area contributed by atoms with Crippen molar-refractivity contribution in [1.82, 2.24) is 25.2 Å². The Morgan fingerprint density at radius 3 is 2.64 bits per heavy atom.